The number of nitrogens with one attached hydrogen (secondary N) is 1. The van der Waals surface area contributed by atoms with Crippen molar-refractivity contribution < 1.29 is 18.0 Å². The van der Waals surface area contributed by atoms with Crippen LogP contribution in [0, 0.1) is 0 Å². The van der Waals surface area contributed by atoms with E-state index in [2.05, 4.69) is 37.2 Å². The van der Waals surface area contributed by atoms with Crippen molar-refractivity contribution in [3.63, 3.8) is 0 Å². The van der Waals surface area contributed by atoms with E-state index in [1.807, 2.05) is 38.1 Å². The molecule has 0 saturated carbocycles. The van der Waals surface area contributed by atoms with Gasteiger partial charge in [-0.15, -0.1) is 0 Å². The topological polar surface area (TPSA) is 86.8 Å². The molecule has 2 aromatic carbocycles. The van der Waals surface area contributed by atoms with Crippen LogP contribution < -0.4 is 9.62 Å². The maximum absolute atomic E-state index is 13.4. The minimum atomic E-state index is -3.75. The van der Waals surface area contributed by atoms with E-state index >= 15 is 0 Å². The predicted octanol–water partition coefficient (Wildman–Crippen LogP) is 3.92. The minimum Gasteiger partial charge on any atom is -0.352 e. The molecule has 2 amide bonds. The first-order valence-corrected chi connectivity index (χ1v) is 13.4. The Hall–Kier alpha value is -1.91. The first-order valence-electron chi connectivity index (χ1n) is 9.96. The summed E-state index contributed by atoms with van der Waals surface area (Å²) in [5.74, 6) is -0.788. The largest absolute Gasteiger partial charge is 0.352 e. The molecule has 32 heavy (non-hydrogen) atoms. The summed E-state index contributed by atoms with van der Waals surface area (Å²) in [7, 11) is -3.75. The van der Waals surface area contributed by atoms with Crippen LogP contribution in [0.5, 0.6) is 0 Å². The number of carbonyl (C=O) groups is 2. The Labute approximate surface area is 206 Å². The van der Waals surface area contributed by atoms with Gasteiger partial charge in [0.2, 0.25) is 21.8 Å². The Morgan fingerprint density at radius 3 is 2.16 bits per heavy atom. The van der Waals surface area contributed by atoms with Gasteiger partial charge in [0.1, 0.15) is 12.6 Å². The quantitative estimate of drug-likeness (QED) is 0.481. The number of amides is 2. The Morgan fingerprint density at radius 2 is 1.62 bits per heavy atom. The SMILES string of the molecule is CC(C)NC(=O)[C@H](C)N(Cc1ccc(Br)cc1)C(=O)CN(c1cccc(Br)c1)S(C)(=O)=O. The van der Waals surface area contributed by atoms with E-state index in [4.69, 9.17) is 0 Å². The fraction of sp³-hybridized carbons (Fsp3) is 0.364. The molecule has 0 bridgehead atoms. The second-order valence-electron chi connectivity index (χ2n) is 7.74. The molecule has 0 aliphatic heterocycles. The predicted molar refractivity (Wildman–Crippen MR) is 134 cm³/mol. The van der Waals surface area contributed by atoms with Gasteiger partial charge in [0.15, 0.2) is 0 Å². The zero-order valence-electron chi connectivity index (χ0n) is 18.4. The van der Waals surface area contributed by atoms with Crippen LogP contribution in [0.25, 0.3) is 0 Å². The average molecular weight is 589 g/mol. The summed E-state index contributed by atoms with van der Waals surface area (Å²) in [6.45, 7) is 5.05. The Balaban J connectivity index is 2.38. The molecular formula is C22H27Br2N3O4S. The molecule has 10 heteroatoms. The van der Waals surface area contributed by atoms with Crippen LogP contribution in [-0.4, -0.2) is 50.0 Å². The molecule has 7 nitrogen and oxygen atoms in total. The number of nitrogens with zero attached hydrogens (tertiary/aromatic N) is 2. The third-order valence-corrected chi connectivity index (χ3v) is 6.80. The molecule has 0 heterocycles. The Kier molecular flexibility index (Phi) is 9.29. The monoisotopic (exact) mass is 587 g/mol. The molecule has 0 aliphatic rings. The van der Waals surface area contributed by atoms with Gasteiger partial charge in [0.05, 0.1) is 11.9 Å². The summed E-state index contributed by atoms with van der Waals surface area (Å²) in [5.41, 5.74) is 1.18. The molecule has 2 aromatic rings. The number of hydrogen-bond donors (Lipinski definition) is 1. The van der Waals surface area contributed by atoms with Crippen LogP contribution in [0.1, 0.15) is 26.3 Å². The van der Waals surface area contributed by atoms with Gasteiger partial charge in [-0.05, 0) is 56.7 Å². The Bertz CT molecular complexity index is 1060. The number of hydrogen-bond acceptors (Lipinski definition) is 4. The molecule has 0 fully saturated rings. The summed E-state index contributed by atoms with van der Waals surface area (Å²) in [6.07, 6.45) is 1.05. The molecule has 0 aromatic heterocycles. The van der Waals surface area contributed by atoms with Crippen LogP contribution in [0.2, 0.25) is 0 Å². The molecule has 0 saturated heterocycles. The van der Waals surface area contributed by atoms with Gasteiger partial charge >= 0.3 is 0 Å². The van der Waals surface area contributed by atoms with Crippen LogP contribution in [0.15, 0.2) is 57.5 Å². The Morgan fingerprint density at radius 1 is 1.00 bits per heavy atom. The summed E-state index contributed by atoms with van der Waals surface area (Å²) in [5, 5.41) is 2.82. The van der Waals surface area contributed by atoms with Gasteiger partial charge in [0, 0.05) is 21.5 Å². The summed E-state index contributed by atoms with van der Waals surface area (Å²) >= 11 is 6.72. The van der Waals surface area contributed by atoms with Crippen molar-refractivity contribution in [2.75, 3.05) is 17.1 Å². The maximum Gasteiger partial charge on any atom is 0.244 e. The van der Waals surface area contributed by atoms with Gasteiger partial charge in [-0.1, -0.05) is 50.1 Å². The molecule has 0 spiro atoms. The van der Waals surface area contributed by atoms with Crippen LogP contribution in [-0.2, 0) is 26.2 Å². The third kappa shape index (κ3) is 7.60. The van der Waals surface area contributed by atoms with Crippen LogP contribution in [0.4, 0.5) is 5.69 Å². The smallest absolute Gasteiger partial charge is 0.244 e. The molecular weight excluding hydrogens is 562 g/mol. The summed E-state index contributed by atoms with van der Waals surface area (Å²) < 4.78 is 27.6. The second kappa shape index (κ2) is 11.3. The highest BCUT2D eigenvalue weighted by Gasteiger charge is 2.30. The van der Waals surface area contributed by atoms with E-state index in [1.54, 1.807) is 31.2 Å². The van der Waals surface area contributed by atoms with Gasteiger partial charge in [-0.3, -0.25) is 13.9 Å². The van der Waals surface area contributed by atoms with Crippen molar-refractivity contribution in [3.8, 4) is 0 Å². The van der Waals surface area contributed by atoms with Crippen LogP contribution >= 0.6 is 31.9 Å². The number of benzene rings is 2. The van der Waals surface area contributed by atoms with Crippen molar-refractivity contribution in [1.82, 2.24) is 10.2 Å². The maximum atomic E-state index is 13.4. The number of carbonyl (C=O) groups excluding carboxylic acids is 2. The van der Waals surface area contributed by atoms with E-state index in [0.29, 0.717) is 10.2 Å². The van der Waals surface area contributed by atoms with E-state index in [-0.39, 0.29) is 18.5 Å². The van der Waals surface area contributed by atoms with Gasteiger partial charge in [0.25, 0.3) is 0 Å². The summed E-state index contributed by atoms with van der Waals surface area (Å²) in [4.78, 5) is 27.5. The normalized spacial score (nSPS) is 12.3. The molecule has 174 valence electrons. The van der Waals surface area contributed by atoms with Crippen molar-refractivity contribution in [2.24, 2.45) is 0 Å². The van der Waals surface area contributed by atoms with Crippen molar-refractivity contribution in [2.45, 2.75) is 39.4 Å². The highest BCUT2D eigenvalue weighted by Crippen LogP contribution is 2.23. The van der Waals surface area contributed by atoms with E-state index in [1.165, 1.54) is 4.90 Å². The fourth-order valence-corrected chi connectivity index (χ4v) is 4.51. The lowest BCUT2D eigenvalue weighted by Gasteiger charge is -2.32. The molecule has 0 aliphatic carbocycles. The van der Waals surface area contributed by atoms with E-state index in [0.717, 1.165) is 20.6 Å². The lowest BCUT2D eigenvalue weighted by atomic mass is 10.1. The third-order valence-electron chi connectivity index (χ3n) is 4.64. The highest BCUT2D eigenvalue weighted by atomic mass is 79.9. The average Bonchev–Trinajstić information content (AvgIpc) is 2.69. The zero-order valence-corrected chi connectivity index (χ0v) is 22.4. The van der Waals surface area contributed by atoms with Gasteiger partial charge in [-0.25, -0.2) is 8.42 Å². The van der Waals surface area contributed by atoms with E-state index in [9.17, 15) is 18.0 Å². The second-order valence-corrected chi connectivity index (χ2v) is 11.5. The molecule has 1 atom stereocenters. The van der Waals surface area contributed by atoms with Gasteiger partial charge < -0.3 is 10.2 Å². The number of rotatable bonds is 9. The first-order chi connectivity index (χ1) is 14.9. The van der Waals surface area contributed by atoms with E-state index < -0.39 is 28.5 Å². The van der Waals surface area contributed by atoms with Crippen molar-refractivity contribution >= 4 is 59.4 Å². The lowest BCUT2D eigenvalue weighted by Crippen LogP contribution is -2.52. The minimum absolute atomic E-state index is 0.0937. The fourth-order valence-electron chi connectivity index (χ4n) is 3.02. The molecule has 0 unspecified atom stereocenters. The number of halogens is 2. The number of sulfonamides is 1. The first kappa shape index (κ1) is 26.3. The van der Waals surface area contributed by atoms with Crippen LogP contribution in [0.3, 0.4) is 0 Å². The molecule has 1 N–H and O–H groups in total. The summed E-state index contributed by atoms with van der Waals surface area (Å²) in [6, 6.07) is 13.2. The number of anilines is 1. The van der Waals surface area contributed by atoms with Crippen molar-refractivity contribution in [1.29, 1.82) is 0 Å². The molecule has 2 rings (SSSR count). The zero-order chi connectivity index (χ0) is 24.1. The highest BCUT2D eigenvalue weighted by molar-refractivity contribution is 9.10. The van der Waals surface area contributed by atoms with Crippen molar-refractivity contribution in [3.05, 3.63) is 63.0 Å². The lowest BCUT2D eigenvalue weighted by molar-refractivity contribution is -0.139. The van der Waals surface area contributed by atoms with Gasteiger partial charge in [-0.2, -0.15) is 0 Å². The standard InChI is InChI=1S/C22H27Br2N3O4S/c1-15(2)25-22(29)16(3)26(13-17-8-10-18(23)11-9-17)21(28)14-27(32(4,30)31)20-7-5-6-19(24)12-20/h5-12,15-16H,13-14H2,1-4H3,(H,25,29)/t16-/m0/s1. The molecule has 0 radical (unpaired) electrons.